The number of amides is 2. The Morgan fingerprint density at radius 3 is 2.14 bits per heavy atom. The van der Waals surface area contributed by atoms with Gasteiger partial charge in [-0.05, 0) is 54.0 Å². The molecule has 1 fully saturated rings. The zero-order valence-electron chi connectivity index (χ0n) is 24.1. The molecule has 0 radical (unpaired) electrons. The van der Waals surface area contributed by atoms with Crippen molar-refractivity contribution in [3.05, 3.63) is 95.6 Å². The summed E-state index contributed by atoms with van der Waals surface area (Å²) in [5.41, 5.74) is 5.08. The van der Waals surface area contributed by atoms with Gasteiger partial charge in [0, 0.05) is 44.4 Å². The van der Waals surface area contributed by atoms with Crippen molar-refractivity contribution in [1.29, 1.82) is 0 Å². The largest absolute Gasteiger partial charge is 0.481 e. The molecule has 0 bridgehead atoms. The molecular formula is C34H39N3O5. The number of ether oxygens (including phenoxy) is 1. The van der Waals surface area contributed by atoms with E-state index in [9.17, 15) is 14.4 Å². The van der Waals surface area contributed by atoms with Crippen LogP contribution in [0.3, 0.4) is 0 Å². The number of rotatable bonds is 11. The van der Waals surface area contributed by atoms with E-state index in [4.69, 9.17) is 9.84 Å². The van der Waals surface area contributed by atoms with Crippen LogP contribution < -0.4 is 10.6 Å². The number of carboxylic acids is 1. The number of benzene rings is 3. The van der Waals surface area contributed by atoms with Crippen LogP contribution in [0.15, 0.2) is 78.9 Å². The van der Waals surface area contributed by atoms with Crippen molar-refractivity contribution in [3.63, 3.8) is 0 Å². The number of fused-ring (bicyclic) bond motifs is 3. The minimum Gasteiger partial charge on any atom is -0.481 e. The highest BCUT2D eigenvalue weighted by Crippen LogP contribution is 2.44. The summed E-state index contributed by atoms with van der Waals surface area (Å²) in [5, 5.41) is 15.0. The first-order chi connectivity index (χ1) is 20.3. The maximum Gasteiger partial charge on any atom is 0.407 e. The van der Waals surface area contributed by atoms with Gasteiger partial charge in [0.05, 0.1) is 5.54 Å². The summed E-state index contributed by atoms with van der Waals surface area (Å²) in [5.74, 6) is -1.15. The molecular weight excluding hydrogens is 530 g/mol. The zero-order valence-corrected chi connectivity index (χ0v) is 24.1. The highest BCUT2D eigenvalue weighted by molar-refractivity contribution is 5.80. The molecule has 3 aromatic carbocycles. The molecule has 1 unspecified atom stereocenters. The topological polar surface area (TPSA) is 108 Å². The molecule has 0 aromatic heterocycles. The Balaban J connectivity index is 1.24. The summed E-state index contributed by atoms with van der Waals surface area (Å²) < 4.78 is 5.86. The predicted molar refractivity (Wildman–Crippen MR) is 161 cm³/mol. The van der Waals surface area contributed by atoms with E-state index in [1.54, 1.807) is 6.92 Å². The molecule has 2 amide bonds. The van der Waals surface area contributed by atoms with Gasteiger partial charge in [0.25, 0.3) is 0 Å². The van der Waals surface area contributed by atoms with Crippen molar-refractivity contribution in [3.8, 4) is 11.1 Å². The minimum atomic E-state index is -0.893. The van der Waals surface area contributed by atoms with E-state index in [-0.39, 0.29) is 37.3 Å². The van der Waals surface area contributed by atoms with Gasteiger partial charge in [-0.15, -0.1) is 0 Å². The van der Waals surface area contributed by atoms with Crippen molar-refractivity contribution in [2.24, 2.45) is 0 Å². The second-order valence-corrected chi connectivity index (χ2v) is 11.6. The van der Waals surface area contributed by atoms with Gasteiger partial charge in [0.2, 0.25) is 5.91 Å². The summed E-state index contributed by atoms with van der Waals surface area (Å²) in [4.78, 5) is 39.7. The first-order valence-electron chi connectivity index (χ1n) is 14.7. The molecule has 8 heteroatoms. The van der Waals surface area contributed by atoms with Crippen LogP contribution in [0.25, 0.3) is 11.1 Å². The molecule has 1 saturated heterocycles. The highest BCUT2D eigenvalue weighted by Gasteiger charge is 2.39. The summed E-state index contributed by atoms with van der Waals surface area (Å²) in [7, 11) is 0. The summed E-state index contributed by atoms with van der Waals surface area (Å²) in [6, 6.07) is 26.4. The molecule has 42 heavy (non-hydrogen) atoms. The maximum atomic E-state index is 13.3. The van der Waals surface area contributed by atoms with Crippen LogP contribution in [0.2, 0.25) is 0 Å². The quantitative estimate of drug-likeness (QED) is 0.289. The molecule has 0 saturated carbocycles. The van der Waals surface area contributed by atoms with Crippen LogP contribution in [0, 0.1) is 0 Å². The number of nitrogens with one attached hydrogen (secondary N) is 2. The van der Waals surface area contributed by atoms with Gasteiger partial charge in [-0.1, -0.05) is 78.9 Å². The molecule has 5 rings (SSSR count). The van der Waals surface area contributed by atoms with Gasteiger partial charge < -0.3 is 20.5 Å². The molecule has 3 N–H and O–H groups in total. The molecule has 0 spiro atoms. The van der Waals surface area contributed by atoms with Crippen molar-refractivity contribution < 1.29 is 24.2 Å². The van der Waals surface area contributed by atoms with Gasteiger partial charge in [-0.2, -0.15) is 0 Å². The van der Waals surface area contributed by atoms with Gasteiger partial charge in [-0.25, -0.2) is 4.79 Å². The summed E-state index contributed by atoms with van der Waals surface area (Å²) in [6.45, 7) is 4.25. The summed E-state index contributed by atoms with van der Waals surface area (Å²) >= 11 is 0. The third-order valence-electron chi connectivity index (χ3n) is 8.47. The molecule has 8 nitrogen and oxygen atoms in total. The fourth-order valence-corrected chi connectivity index (χ4v) is 6.22. The predicted octanol–water partition coefficient (Wildman–Crippen LogP) is 5.32. The Morgan fingerprint density at radius 2 is 1.52 bits per heavy atom. The Labute approximate surface area is 247 Å². The third kappa shape index (κ3) is 7.18. The van der Waals surface area contributed by atoms with E-state index in [0.29, 0.717) is 19.3 Å². The van der Waals surface area contributed by atoms with Crippen molar-refractivity contribution in [2.45, 2.75) is 63.1 Å². The number of carbonyl (C=O) groups excluding carboxylic acids is 2. The first-order valence-corrected chi connectivity index (χ1v) is 14.7. The van der Waals surface area contributed by atoms with Crippen molar-refractivity contribution >= 4 is 18.0 Å². The number of carbonyl (C=O) groups is 3. The van der Waals surface area contributed by atoms with Crippen LogP contribution >= 0.6 is 0 Å². The number of carboxylic acid groups (broad SMARTS) is 1. The standard InChI is InChI=1S/C34H39N3O5/c1-24(15-16-32(39)40)35-31(38)21-34(17-19-37(20-18-34)22-25-9-3-2-4-10-25)36-33(41)42-23-30-28-13-7-5-11-26(28)27-12-6-8-14-29(27)30/h2-14,24,30H,15-23H2,1H3,(H,35,38)(H,36,41)(H,39,40). The Kier molecular flexibility index (Phi) is 9.22. The van der Waals surface area contributed by atoms with E-state index in [2.05, 4.69) is 51.9 Å². The second-order valence-electron chi connectivity index (χ2n) is 11.6. The lowest BCUT2D eigenvalue weighted by Crippen LogP contribution is -2.57. The van der Waals surface area contributed by atoms with Gasteiger partial charge in [0.15, 0.2) is 0 Å². The van der Waals surface area contributed by atoms with Crippen LogP contribution in [0.5, 0.6) is 0 Å². The Hall–Kier alpha value is -4.17. The molecule has 1 heterocycles. The Bertz CT molecular complexity index is 1360. The lowest BCUT2D eigenvalue weighted by atomic mass is 9.83. The molecule has 3 aromatic rings. The zero-order chi connectivity index (χ0) is 29.5. The number of alkyl carbamates (subject to hydrolysis) is 1. The molecule has 1 atom stereocenters. The second kappa shape index (κ2) is 13.2. The van der Waals surface area contributed by atoms with E-state index in [0.717, 1.165) is 41.9 Å². The number of likely N-dealkylation sites (tertiary alicyclic amines) is 1. The van der Waals surface area contributed by atoms with Crippen LogP contribution in [0.1, 0.15) is 61.6 Å². The fraction of sp³-hybridized carbons (Fsp3) is 0.382. The van der Waals surface area contributed by atoms with E-state index < -0.39 is 17.6 Å². The van der Waals surface area contributed by atoms with Gasteiger partial charge in [0.1, 0.15) is 6.61 Å². The molecule has 220 valence electrons. The van der Waals surface area contributed by atoms with Gasteiger partial charge in [-0.3, -0.25) is 14.5 Å². The fourth-order valence-electron chi connectivity index (χ4n) is 6.22. The number of nitrogens with zero attached hydrogens (tertiary/aromatic N) is 1. The molecule has 1 aliphatic carbocycles. The van der Waals surface area contributed by atoms with E-state index >= 15 is 0 Å². The number of hydrogen-bond donors (Lipinski definition) is 3. The van der Waals surface area contributed by atoms with Gasteiger partial charge >= 0.3 is 12.1 Å². The average molecular weight is 570 g/mol. The maximum absolute atomic E-state index is 13.3. The van der Waals surface area contributed by atoms with E-state index in [1.165, 1.54) is 5.56 Å². The lowest BCUT2D eigenvalue weighted by molar-refractivity contribution is -0.137. The van der Waals surface area contributed by atoms with E-state index in [1.807, 2.05) is 42.5 Å². The van der Waals surface area contributed by atoms with Crippen molar-refractivity contribution in [2.75, 3.05) is 19.7 Å². The third-order valence-corrected chi connectivity index (χ3v) is 8.47. The van der Waals surface area contributed by atoms with Crippen LogP contribution in [-0.2, 0) is 20.9 Å². The monoisotopic (exact) mass is 569 g/mol. The van der Waals surface area contributed by atoms with Crippen LogP contribution in [-0.4, -0.2) is 59.3 Å². The first kappa shape index (κ1) is 29.3. The number of hydrogen-bond acceptors (Lipinski definition) is 5. The number of aliphatic carboxylic acids is 1. The molecule has 2 aliphatic rings. The smallest absolute Gasteiger partial charge is 0.407 e. The minimum absolute atomic E-state index is 0.0148. The Morgan fingerprint density at radius 1 is 0.929 bits per heavy atom. The highest BCUT2D eigenvalue weighted by atomic mass is 16.5. The van der Waals surface area contributed by atoms with Crippen LogP contribution in [0.4, 0.5) is 4.79 Å². The SMILES string of the molecule is CC(CCC(=O)O)NC(=O)CC1(NC(=O)OCC2c3ccccc3-c3ccccc32)CCN(Cc2ccccc2)CC1. The number of piperidine rings is 1. The molecule has 1 aliphatic heterocycles. The lowest BCUT2D eigenvalue weighted by Gasteiger charge is -2.42. The van der Waals surface area contributed by atoms with Crippen molar-refractivity contribution in [1.82, 2.24) is 15.5 Å². The summed E-state index contributed by atoms with van der Waals surface area (Å²) in [6.07, 6.45) is 1.10. The normalized spacial score (nSPS) is 16.6. The average Bonchev–Trinajstić information content (AvgIpc) is 3.30.